The zero-order valence-corrected chi connectivity index (χ0v) is 13.8. The molecule has 2 N–H and O–H groups in total. The van der Waals surface area contributed by atoms with Gasteiger partial charge in [-0.15, -0.1) is 0 Å². The number of rotatable bonds is 4. The molecule has 0 aliphatic heterocycles. The van der Waals surface area contributed by atoms with E-state index in [0.717, 1.165) is 0 Å². The molecule has 104 valence electrons. The van der Waals surface area contributed by atoms with E-state index in [1.54, 1.807) is 6.92 Å². The summed E-state index contributed by atoms with van der Waals surface area (Å²) in [4.78, 5) is 11.4. The second-order valence-corrected chi connectivity index (χ2v) is 5.12. The number of aromatic nitrogens is 2. The molecule has 0 radical (unpaired) electrons. The number of nitrogens with zero attached hydrogens (tertiary/aromatic N) is 1. The molecule has 2 rings (SSSR count). The molecule has 9 heteroatoms. The first-order chi connectivity index (χ1) is 8.91. The quantitative estimate of drug-likeness (QED) is 0.499. The third kappa shape index (κ3) is 3.74. The summed E-state index contributed by atoms with van der Waals surface area (Å²) in [5.41, 5.74) is 0.103. The van der Waals surface area contributed by atoms with E-state index in [1.807, 2.05) is 0 Å². The number of ether oxygens (including phenoxy) is 1. The predicted octanol–water partition coefficient (Wildman–Crippen LogP) is -2.07. The summed E-state index contributed by atoms with van der Waals surface area (Å²) in [5, 5.41) is 2.73. The van der Waals surface area contributed by atoms with Crippen LogP contribution in [0.5, 0.6) is 5.88 Å². The van der Waals surface area contributed by atoms with Gasteiger partial charge in [-0.1, -0.05) is 0 Å². The summed E-state index contributed by atoms with van der Waals surface area (Å²) in [6, 6.07) is 6.50. The van der Waals surface area contributed by atoms with Crippen molar-refractivity contribution in [3.8, 4) is 11.6 Å². The Morgan fingerprint density at radius 2 is 1.95 bits per heavy atom. The first-order valence-corrected chi connectivity index (χ1v) is 6.88. The van der Waals surface area contributed by atoms with Gasteiger partial charge in [-0.3, -0.25) is 14.4 Å². The molecular weight excluding hydrogens is 295 g/mol. The molecule has 0 aliphatic rings. The van der Waals surface area contributed by atoms with Gasteiger partial charge in [0.1, 0.15) is 0 Å². The minimum absolute atomic E-state index is 0. The van der Waals surface area contributed by atoms with Crippen LogP contribution in [-0.2, 0) is 10.1 Å². The fraction of sp³-hybridized carbons (Fsp3) is 0.182. The Kier molecular flexibility index (Phi) is 5.60. The van der Waals surface area contributed by atoms with Crippen molar-refractivity contribution in [1.29, 1.82) is 0 Å². The Balaban J connectivity index is 0.00000200. The molecule has 2 aromatic rings. The second-order valence-electron chi connectivity index (χ2n) is 3.70. The van der Waals surface area contributed by atoms with Gasteiger partial charge in [-0.05, 0) is 31.2 Å². The van der Waals surface area contributed by atoms with Crippen molar-refractivity contribution < 1.29 is 48.7 Å². The zero-order chi connectivity index (χ0) is 14.0. The summed E-state index contributed by atoms with van der Waals surface area (Å²) >= 11 is 0. The molecule has 1 heterocycles. The number of nitrogens with one attached hydrogen (secondary N) is 1. The Morgan fingerprint density at radius 3 is 2.45 bits per heavy atom. The topological polar surface area (TPSA) is 101 Å². The molecule has 0 saturated heterocycles. The minimum atomic E-state index is -4.24. The van der Waals surface area contributed by atoms with Crippen molar-refractivity contribution >= 4 is 10.1 Å². The molecule has 1 aromatic carbocycles. The summed E-state index contributed by atoms with van der Waals surface area (Å²) in [6.07, 6.45) is 0. The van der Waals surface area contributed by atoms with Crippen LogP contribution in [0.2, 0.25) is 0 Å². The van der Waals surface area contributed by atoms with Gasteiger partial charge in [0.15, 0.2) is 0 Å². The number of hydrogen-bond donors (Lipinski definition) is 2. The van der Waals surface area contributed by atoms with Gasteiger partial charge in [0.2, 0.25) is 5.88 Å². The molecule has 1 aromatic heterocycles. The van der Waals surface area contributed by atoms with Crippen LogP contribution in [0, 0.1) is 0 Å². The molecule has 0 saturated carbocycles. The SMILES string of the molecule is CCOc1cc(=O)n(-c2ccc(S(=O)(=O)O)cc2)[nH]1.[H-].[Na+]. The average molecular weight is 308 g/mol. The molecular formula is C11H13N2NaO5S. The van der Waals surface area contributed by atoms with Gasteiger partial charge < -0.3 is 6.16 Å². The maximum atomic E-state index is 11.7. The summed E-state index contributed by atoms with van der Waals surface area (Å²) in [5.74, 6) is 0.325. The van der Waals surface area contributed by atoms with E-state index in [9.17, 15) is 13.2 Å². The summed E-state index contributed by atoms with van der Waals surface area (Å²) in [7, 11) is -4.24. The fourth-order valence-corrected chi connectivity index (χ4v) is 2.04. The van der Waals surface area contributed by atoms with Gasteiger partial charge in [0.05, 0.1) is 23.3 Å². The van der Waals surface area contributed by atoms with E-state index in [-0.39, 0.29) is 41.4 Å². The van der Waals surface area contributed by atoms with Crippen molar-refractivity contribution in [1.82, 2.24) is 9.78 Å². The molecule has 0 unspecified atom stereocenters. The van der Waals surface area contributed by atoms with Gasteiger partial charge in [0.25, 0.3) is 15.7 Å². The number of hydrogen-bond acceptors (Lipinski definition) is 4. The monoisotopic (exact) mass is 308 g/mol. The van der Waals surface area contributed by atoms with Crippen molar-refractivity contribution in [2.24, 2.45) is 0 Å². The Bertz CT molecular complexity index is 739. The third-order valence-corrected chi connectivity index (χ3v) is 3.26. The largest absolute Gasteiger partial charge is 1.00 e. The summed E-state index contributed by atoms with van der Waals surface area (Å²) < 4.78 is 37.0. The molecule has 0 spiro atoms. The van der Waals surface area contributed by atoms with E-state index in [2.05, 4.69) is 5.10 Å². The Hall–Kier alpha value is -1.06. The maximum absolute atomic E-state index is 11.7. The van der Waals surface area contributed by atoms with Gasteiger partial charge in [0, 0.05) is 0 Å². The van der Waals surface area contributed by atoms with E-state index >= 15 is 0 Å². The molecule has 20 heavy (non-hydrogen) atoms. The van der Waals surface area contributed by atoms with E-state index < -0.39 is 10.1 Å². The van der Waals surface area contributed by atoms with Crippen LogP contribution >= 0.6 is 0 Å². The van der Waals surface area contributed by atoms with Crippen LogP contribution in [0.25, 0.3) is 5.69 Å². The predicted molar refractivity (Wildman–Crippen MR) is 68.5 cm³/mol. The first kappa shape index (κ1) is 17.0. The minimum Gasteiger partial charge on any atom is -1.00 e. The van der Waals surface area contributed by atoms with Crippen molar-refractivity contribution in [3.63, 3.8) is 0 Å². The normalized spacial score (nSPS) is 10.9. The van der Waals surface area contributed by atoms with Crippen molar-refractivity contribution in [3.05, 3.63) is 40.7 Å². The maximum Gasteiger partial charge on any atom is 1.00 e. The molecule has 0 amide bonds. The van der Waals surface area contributed by atoms with Crippen LogP contribution in [0.4, 0.5) is 0 Å². The molecule has 0 aliphatic carbocycles. The van der Waals surface area contributed by atoms with Gasteiger partial charge in [-0.25, -0.2) is 4.68 Å². The third-order valence-electron chi connectivity index (χ3n) is 2.39. The smallest absolute Gasteiger partial charge is 1.00 e. The molecule has 0 bridgehead atoms. The van der Waals surface area contributed by atoms with E-state index in [0.29, 0.717) is 18.2 Å². The average Bonchev–Trinajstić information content (AvgIpc) is 2.70. The second kappa shape index (κ2) is 6.59. The molecule has 0 fully saturated rings. The summed E-state index contributed by atoms with van der Waals surface area (Å²) in [6.45, 7) is 2.21. The van der Waals surface area contributed by atoms with E-state index in [4.69, 9.17) is 9.29 Å². The van der Waals surface area contributed by atoms with Crippen molar-refractivity contribution in [2.75, 3.05) is 6.61 Å². The number of aromatic amines is 1. The first-order valence-electron chi connectivity index (χ1n) is 5.44. The fourth-order valence-electron chi connectivity index (χ4n) is 1.56. The van der Waals surface area contributed by atoms with Crippen molar-refractivity contribution in [2.45, 2.75) is 11.8 Å². The van der Waals surface area contributed by atoms with Crippen LogP contribution in [-0.4, -0.2) is 29.4 Å². The van der Waals surface area contributed by atoms with E-state index in [1.165, 1.54) is 35.0 Å². The van der Waals surface area contributed by atoms with Crippen LogP contribution < -0.4 is 39.9 Å². The van der Waals surface area contributed by atoms with Crippen LogP contribution in [0.3, 0.4) is 0 Å². The Labute approximate surface area is 139 Å². The van der Waals surface area contributed by atoms with Crippen LogP contribution in [0.15, 0.2) is 40.0 Å². The van der Waals surface area contributed by atoms with Gasteiger partial charge >= 0.3 is 29.6 Å². The Morgan fingerprint density at radius 1 is 1.35 bits per heavy atom. The van der Waals surface area contributed by atoms with Gasteiger partial charge in [-0.2, -0.15) is 8.42 Å². The standard InChI is InChI=1S/C11H12N2O5S.Na.H/c1-2-18-10-7-11(14)13(12-10)8-3-5-9(6-4-8)19(15,16)17;;/h3-7,12H,2H2,1H3,(H,15,16,17);;/q;+1;-1. The zero-order valence-electron chi connectivity index (χ0n) is 12.0. The number of H-pyrrole nitrogens is 1. The molecule has 7 nitrogen and oxygen atoms in total. The molecule has 0 atom stereocenters. The number of benzene rings is 1. The van der Waals surface area contributed by atoms with Crippen LogP contribution in [0.1, 0.15) is 8.35 Å².